The molecule has 3 nitrogen and oxygen atoms in total. The van der Waals surface area contributed by atoms with E-state index in [0.717, 1.165) is 23.6 Å². The van der Waals surface area contributed by atoms with Gasteiger partial charge in [0.05, 0.1) is 7.11 Å². The highest BCUT2D eigenvalue weighted by Crippen LogP contribution is 2.27. The molecule has 88 valence electrons. The van der Waals surface area contributed by atoms with Gasteiger partial charge >= 0.3 is 0 Å². The van der Waals surface area contributed by atoms with Crippen LogP contribution in [0.25, 0.3) is 0 Å². The van der Waals surface area contributed by atoms with Gasteiger partial charge in [-0.25, -0.2) is 0 Å². The Balaban J connectivity index is 2.75. The number of methoxy groups -OCH3 is 1. The summed E-state index contributed by atoms with van der Waals surface area (Å²) in [5.74, 6) is 1.45. The molecule has 0 radical (unpaired) electrons. The molecule has 0 spiro atoms. The van der Waals surface area contributed by atoms with Crippen molar-refractivity contribution in [3.63, 3.8) is 0 Å². The molecule has 0 saturated heterocycles. The lowest BCUT2D eigenvalue weighted by Gasteiger charge is -2.10. The zero-order valence-electron chi connectivity index (χ0n) is 9.50. The van der Waals surface area contributed by atoms with Crippen LogP contribution >= 0.6 is 11.6 Å². The average Bonchev–Trinajstić information content (AvgIpc) is 2.31. The topological polar surface area (TPSA) is 30.5 Å². The molecule has 0 bridgehead atoms. The van der Waals surface area contributed by atoms with Crippen LogP contribution in [0.1, 0.15) is 5.56 Å². The summed E-state index contributed by atoms with van der Waals surface area (Å²) in [5.41, 5.74) is 2.58. The maximum Gasteiger partial charge on any atom is 0.161 e. The third kappa shape index (κ3) is 3.76. The van der Waals surface area contributed by atoms with E-state index in [2.05, 4.69) is 5.32 Å². The summed E-state index contributed by atoms with van der Waals surface area (Å²) in [6.45, 7) is 1.24. The van der Waals surface area contributed by atoms with Crippen molar-refractivity contribution in [2.75, 3.05) is 20.8 Å². The van der Waals surface area contributed by atoms with Crippen LogP contribution in [0.3, 0.4) is 0 Å². The summed E-state index contributed by atoms with van der Waals surface area (Å²) >= 11 is 5.41. The van der Waals surface area contributed by atoms with Crippen molar-refractivity contribution in [1.29, 1.82) is 0 Å². The smallest absolute Gasteiger partial charge is 0.161 e. The van der Waals surface area contributed by atoms with Crippen molar-refractivity contribution in [3.8, 4) is 11.5 Å². The molecule has 0 aliphatic rings. The molecule has 0 heterocycles. The van der Waals surface area contributed by atoms with E-state index in [0.29, 0.717) is 6.61 Å². The second-order valence-corrected chi connectivity index (χ2v) is 3.44. The van der Waals surface area contributed by atoms with E-state index in [9.17, 15) is 0 Å². The molecule has 0 unspecified atom stereocenters. The molecule has 1 aromatic rings. The molecule has 0 amide bonds. The third-order valence-electron chi connectivity index (χ3n) is 2.03. The molecule has 0 aromatic heterocycles. The van der Waals surface area contributed by atoms with Gasteiger partial charge in [-0.15, -0.1) is 0 Å². The van der Waals surface area contributed by atoms with E-state index in [1.165, 1.54) is 5.54 Å². The van der Waals surface area contributed by atoms with Crippen LogP contribution in [0.4, 0.5) is 0 Å². The minimum atomic E-state index is 0.436. The van der Waals surface area contributed by atoms with E-state index in [4.69, 9.17) is 21.1 Å². The predicted octanol–water partition coefficient (Wildman–Crippen LogP) is 2.55. The molecule has 0 aliphatic carbocycles. The predicted molar refractivity (Wildman–Crippen MR) is 66.2 cm³/mol. The molecule has 16 heavy (non-hydrogen) atoms. The molecular weight excluding hydrogens is 226 g/mol. The van der Waals surface area contributed by atoms with E-state index in [1.54, 1.807) is 13.2 Å². The van der Waals surface area contributed by atoms with Crippen molar-refractivity contribution in [1.82, 2.24) is 5.32 Å². The van der Waals surface area contributed by atoms with E-state index < -0.39 is 0 Å². The maximum atomic E-state index is 5.48. The normalized spacial score (nSPS) is 10.7. The first-order valence-electron chi connectivity index (χ1n) is 5.01. The summed E-state index contributed by atoms with van der Waals surface area (Å²) < 4.78 is 10.7. The van der Waals surface area contributed by atoms with Gasteiger partial charge < -0.3 is 14.8 Å². The van der Waals surface area contributed by atoms with Crippen molar-refractivity contribution >= 4 is 11.6 Å². The van der Waals surface area contributed by atoms with Gasteiger partial charge in [-0.3, -0.25) is 0 Å². The highest BCUT2D eigenvalue weighted by Gasteiger charge is 2.04. The zero-order valence-corrected chi connectivity index (χ0v) is 10.3. The van der Waals surface area contributed by atoms with Crippen LogP contribution in [-0.2, 0) is 6.54 Å². The number of nitrogens with one attached hydrogen (secondary N) is 1. The minimum absolute atomic E-state index is 0.436. The summed E-state index contributed by atoms with van der Waals surface area (Å²) in [4.78, 5) is 0. The van der Waals surface area contributed by atoms with Crippen LogP contribution in [0.2, 0.25) is 0 Å². The number of hydrogen-bond donors (Lipinski definition) is 1. The first kappa shape index (κ1) is 12.9. The van der Waals surface area contributed by atoms with Crippen LogP contribution in [-0.4, -0.2) is 20.8 Å². The second kappa shape index (κ2) is 7.14. The number of ether oxygens (including phenoxy) is 2. The lowest BCUT2D eigenvalue weighted by Crippen LogP contribution is -2.05. The SMILES string of the molecule is CNCc1ccc(OC/C=C/Cl)c(OC)c1. The van der Waals surface area contributed by atoms with Gasteiger partial charge in [0.2, 0.25) is 0 Å². The molecule has 0 fully saturated rings. The Kier molecular flexibility index (Phi) is 5.75. The van der Waals surface area contributed by atoms with Gasteiger partial charge in [-0.2, -0.15) is 0 Å². The van der Waals surface area contributed by atoms with Crippen molar-refractivity contribution in [3.05, 3.63) is 35.4 Å². The van der Waals surface area contributed by atoms with Crippen LogP contribution < -0.4 is 14.8 Å². The molecule has 1 rings (SSSR count). The molecular formula is C12H16ClNO2. The van der Waals surface area contributed by atoms with Gasteiger partial charge in [0, 0.05) is 12.1 Å². The van der Waals surface area contributed by atoms with Crippen LogP contribution in [0.5, 0.6) is 11.5 Å². The first-order valence-corrected chi connectivity index (χ1v) is 5.45. The molecule has 0 aliphatic heterocycles. The Hall–Kier alpha value is -1.19. The largest absolute Gasteiger partial charge is 0.493 e. The molecule has 1 N–H and O–H groups in total. The quantitative estimate of drug-likeness (QED) is 0.830. The number of halogens is 1. The fourth-order valence-electron chi connectivity index (χ4n) is 1.32. The molecule has 4 heteroatoms. The fraction of sp³-hybridized carbons (Fsp3) is 0.333. The Morgan fingerprint density at radius 3 is 2.81 bits per heavy atom. The number of benzene rings is 1. The zero-order chi connectivity index (χ0) is 11.8. The van der Waals surface area contributed by atoms with E-state index in [-0.39, 0.29) is 0 Å². The summed E-state index contributed by atoms with van der Waals surface area (Å²) in [5, 5.41) is 3.08. The summed E-state index contributed by atoms with van der Waals surface area (Å²) in [6.07, 6.45) is 1.72. The second-order valence-electron chi connectivity index (χ2n) is 3.19. The first-order chi connectivity index (χ1) is 7.81. The highest BCUT2D eigenvalue weighted by atomic mass is 35.5. The summed E-state index contributed by atoms with van der Waals surface area (Å²) in [6, 6.07) is 5.85. The van der Waals surface area contributed by atoms with E-state index >= 15 is 0 Å². The van der Waals surface area contributed by atoms with Crippen LogP contribution in [0, 0.1) is 0 Å². The molecule has 0 atom stereocenters. The average molecular weight is 242 g/mol. The van der Waals surface area contributed by atoms with Gasteiger partial charge in [0.15, 0.2) is 11.5 Å². The van der Waals surface area contributed by atoms with Gasteiger partial charge in [0.25, 0.3) is 0 Å². The fourth-order valence-corrected chi connectivity index (χ4v) is 1.39. The Labute approximate surface area is 101 Å². The van der Waals surface area contributed by atoms with Crippen molar-refractivity contribution in [2.24, 2.45) is 0 Å². The maximum absolute atomic E-state index is 5.48. The van der Waals surface area contributed by atoms with Crippen molar-refractivity contribution in [2.45, 2.75) is 6.54 Å². The molecule has 0 saturated carbocycles. The van der Waals surface area contributed by atoms with E-state index in [1.807, 2.05) is 25.2 Å². The van der Waals surface area contributed by atoms with Gasteiger partial charge in [-0.05, 0) is 30.8 Å². The number of rotatable bonds is 6. The Morgan fingerprint density at radius 2 is 2.19 bits per heavy atom. The Morgan fingerprint density at radius 1 is 1.38 bits per heavy atom. The summed E-state index contributed by atoms with van der Waals surface area (Å²) in [7, 11) is 3.53. The lowest BCUT2D eigenvalue weighted by atomic mass is 10.2. The molecule has 1 aromatic carbocycles. The van der Waals surface area contributed by atoms with Crippen molar-refractivity contribution < 1.29 is 9.47 Å². The highest BCUT2D eigenvalue weighted by molar-refractivity contribution is 6.25. The Bertz CT molecular complexity index is 353. The monoisotopic (exact) mass is 241 g/mol. The third-order valence-corrected chi connectivity index (χ3v) is 2.21. The minimum Gasteiger partial charge on any atom is -0.493 e. The standard InChI is InChI=1S/C12H16ClNO2/c1-14-9-10-4-5-11(12(8-10)15-2)16-7-3-6-13/h3-6,8,14H,7,9H2,1-2H3/b6-3+. The van der Waals surface area contributed by atoms with Gasteiger partial charge in [0.1, 0.15) is 6.61 Å². The lowest BCUT2D eigenvalue weighted by molar-refractivity contribution is 0.326. The van der Waals surface area contributed by atoms with Gasteiger partial charge in [-0.1, -0.05) is 17.7 Å². The van der Waals surface area contributed by atoms with Crippen LogP contribution in [0.15, 0.2) is 29.8 Å². The number of hydrogen-bond acceptors (Lipinski definition) is 3.